The van der Waals surface area contributed by atoms with Gasteiger partial charge in [0.05, 0.1) is 24.4 Å². The molecule has 1 N–H and O–H groups in total. The maximum absolute atomic E-state index is 12.4. The van der Waals surface area contributed by atoms with E-state index in [1.807, 2.05) is 18.2 Å². The van der Waals surface area contributed by atoms with Gasteiger partial charge in [0, 0.05) is 6.07 Å². The Morgan fingerprint density at radius 3 is 2.75 bits per heavy atom. The summed E-state index contributed by atoms with van der Waals surface area (Å²) in [4.78, 5) is 25.0. The molecule has 1 amide bonds. The van der Waals surface area contributed by atoms with Crippen LogP contribution in [0.1, 0.15) is 23.0 Å². The van der Waals surface area contributed by atoms with Crippen LogP contribution in [-0.2, 0) is 6.42 Å². The molecule has 0 unspecified atom stereocenters. The average Bonchev–Trinajstić information content (AvgIpc) is 3.03. The predicted octanol–water partition coefficient (Wildman–Crippen LogP) is 2.92. The van der Waals surface area contributed by atoms with Crippen LogP contribution in [-0.4, -0.2) is 35.1 Å². The number of nitrogens with one attached hydrogen (secondary N) is 1. The van der Waals surface area contributed by atoms with Crippen LogP contribution >= 0.6 is 11.3 Å². The van der Waals surface area contributed by atoms with Gasteiger partial charge in [-0.3, -0.25) is 10.1 Å². The van der Waals surface area contributed by atoms with E-state index in [0.717, 1.165) is 22.2 Å². The molecule has 2 aromatic heterocycles. The van der Waals surface area contributed by atoms with Gasteiger partial charge in [-0.15, -0.1) is 0 Å². The van der Waals surface area contributed by atoms with E-state index >= 15 is 0 Å². The highest BCUT2D eigenvalue weighted by atomic mass is 32.1. The molecular formula is C16H16N4O3S. The number of carbonyl (C=O) groups excluding carboxylic acids is 1. The lowest BCUT2D eigenvalue weighted by Gasteiger charge is -2.05. The fourth-order valence-corrected chi connectivity index (χ4v) is 3.13. The second-order valence-electron chi connectivity index (χ2n) is 4.87. The summed E-state index contributed by atoms with van der Waals surface area (Å²) in [5, 5.41) is 3.29. The number of methoxy groups -OCH3 is 2. The fourth-order valence-electron chi connectivity index (χ4n) is 2.22. The monoisotopic (exact) mass is 344 g/mol. The number of hydrogen-bond donors (Lipinski definition) is 1. The van der Waals surface area contributed by atoms with Crippen molar-refractivity contribution in [1.82, 2.24) is 15.0 Å². The van der Waals surface area contributed by atoms with Gasteiger partial charge in [0.25, 0.3) is 5.91 Å². The number of nitrogens with zero attached hydrogens (tertiary/aromatic N) is 3. The summed E-state index contributed by atoms with van der Waals surface area (Å²) in [6.07, 6.45) is 0.884. The van der Waals surface area contributed by atoms with Crippen LogP contribution in [0.3, 0.4) is 0 Å². The topological polar surface area (TPSA) is 86.2 Å². The van der Waals surface area contributed by atoms with Gasteiger partial charge in [-0.2, -0.15) is 9.97 Å². The number of ether oxygens (including phenoxy) is 2. The maximum atomic E-state index is 12.4. The minimum atomic E-state index is -0.397. The molecule has 7 nitrogen and oxygen atoms in total. The van der Waals surface area contributed by atoms with E-state index in [1.54, 1.807) is 0 Å². The summed E-state index contributed by atoms with van der Waals surface area (Å²) >= 11 is 1.42. The van der Waals surface area contributed by atoms with Crippen molar-refractivity contribution in [3.63, 3.8) is 0 Å². The molecular weight excluding hydrogens is 328 g/mol. The van der Waals surface area contributed by atoms with Crippen LogP contribution in [0.5, 0.6) is 11.9 Å². The Kier molecular flexibility index (Phi) is 4.57. The SMILES string of the molecule is CCc1cccc2sc(NC(=O)c3cc(OC)nc(OC)n3)nc12. The summed E-state index contributed by atoms with van der Waals surface area (Å²) in [6, 6.07) is 7.53. The highest BCUT2D eigenvalue weighted by Gasteiger charge is 2.15. The predicted molar refractivity (Wildman–Crippen MR) is 92.1 cm³/mol. The lowest BCUT2D eigenvalue weighted by atomic mass is 10.1. The first kappa shape index (κ1) is 16.1. The summed E-state index contributed by atoms with van der Waals surface area (Å²) in [6.45, 7) is 2.08. The molecule has 3 aromatic rings. The van der Waals surface area contributed by atoms with E-state index < -0.39 is 5.91 Å². The molecule has 0 radical (unpaired) electrons. The fraction of sp³-hybridized carbons (Fsp3) is 0.250. The number of amides is 1. The van der Waals surface area contributed by atoms with Gasteiger partial charge in [-0.05, 0) is 18.1 Å². The van der Waals surface area contributed by atoms with Crippen molar-refractivity contribution in [2.75, 3.05) is 19.5 Å². The second kappa shape index (κ2) is 6.79. The minimum absolute atomic E-state index is 0.0667. The number of aromatic nitrogens is 3. The summed E-state index contributed by atoms with van der Waals surface area (Å²) in [7, 11) is 2.89. The Morgan fingerprint density at radius 1 is 1.21 bits per heavy atom. The van der Waals surface area contributed by atoms with Gasteiger partial charge >= 0.3 is 6.01 Å². The van der Waals surface area contributed by atoms with E-state index in [2.05, 4.69) is 27.2 Å². The van der Waals surface area contributed by atoms with Gasteiger partial charge in [0.2, 0.25) is 5.88 Å². The Balaban J connectivity index is 1.90. The van der Waals surface area contributed by atoms with Crippen LogP contribution in [0, 0.1) is 0 Å². The number of carbonyl (C=O) groups is 1. The molecule has 3 rings (SSSR count). The Bertz CT molecular complexity index is 872. The molecule has 0 bridgehead atoms. The third-order valence-corrected chi connectivity index (χ3v) is 4.35. The number of thiazole rings is 1. The van der Waals surface area contributed by atoms with E-state index in [4.69, 9.17) is 9.47 Å². The van der Waals surface area contributed by atoms with Crippen LogP contribution in [0.15, 0.2) is 24.3 Å². The molecule has 0 aliphatic rings. The Morgan fingerprint density at radius 2 is 2.04 bits per heavy atom. The number of rotatable bonds is 5. The zero-order valence-corrected chi connectivity index (χ0v) is 14.3. The highest BCUT2D eigenvalue weighted by Crippen LogP contribution is 2.29. The maximum Gasteiger partial charge on any atom is 0.320 e. The first-order chi connectivity index (χ1) is 11.6. The van der Waals surface area contributed by atoms with Crippen LogP contribution in [0.2, 0.25) is 0 Å². The second-order valence-corrected chi connectivity index (χ2v) is 5.90. The molecule has 124 valence electrons. The molecule has 24 heavy (non-hydrogen) atoms. The first-order valence-corrected chi connectivity index (χ1v) is 8.13. The van der Waals surface area contributed by atoms with Crippen molar-refractivity contribution in [2.24, 2.45) is 0 Å². The third kappa shape index (κ3) is 3.13. The highest BCUT2D eigenvalue weighted by molar-refractivity contribution is 7.22. The summed E-state index contributed by atoms with van der Waals surface area (Å²) in [5.41, 5.74) is 2.21. The largest absolute Gasteiger partial charge is 0.481 e. The molecule has 0 fully saturated rings. The Hall–Kier alpha value is -2.74. The van der Waals surface area contributed by atoms with Gasteiger partial charge in [-0.25, -0.2) is 4.98 Å². The summed E-state index contributed by atoms with van der Waals surface area (Å²) in [5.74, 6) is -0.143. The van der Waals surface area contributed by atoms with Gasteiger partial charge < -0.3 is 9.47 Å². The van der Waals surface area contributed by atoms with E-state index in [0.29, 0.717) is 5.13 Å². The quantitative estimate of drug-likeness (QED) is 0.766. The normalized spacial score (nSPS) is 10.6. The van der Waals surface area contributed by atoms with E-state index in [9.17, 15) is 4.79 Å². The minimum Gasteiger partial charge on any atom is -0.481 e. The number of para-hydroxylation sites is 1. The van der Waals surface area contributed by atoms with Crippen molar-refractivity contribution in [3.05, 3.63) is 35.5 Å². The number of fused-ring (bicyclic) bond motifs is 1. The summed E-state index contributed by atoms with van der Waals surface area (Å²) < 4.78 is 11.1. The van der Waals surface area contributed by atoms with E-state index in [1.165, 1.54) is 31.6 Å². The molecule has 0 saturated heterocycles. The number of anilines is 1. The van der Waals surface area contributed by atoms with Gasteiger partial charge in [0.15, 0.2) is 5.13 Å². The zero-order valence-electron chi connectivity index (χ0n) is 13.5. The van der Waals surface area contributed by atoms with Crippen LogP contribution in [0.25, 0.3) is 10.2 Å². The smallest absolute Gasteiger partial charge is 0.320 e. The third-order valence-electron chi connectivity index (χ3n) is 3.41. The van der Waals surface area contributed by atoms with Crippen LogP contribution in [0.4, 0.5) is 5.13 Å². The molecule has 8 heteroatoms. The zero-order chi connectivity index (χ0) is 17.1. The van der Waals surface area contributed by atoms with Gasteiger partial charge in [-0.1, -0.05) is 30.4 Å². The van der Waals surface area contributed by atoms with Crippen molar-refractivity contribution in [3.8, 4) is 11.9 Å². The first-order valence-electron chi connectivity index (χ1n) is 7.31. The molecule has 0 aliphatic heterocycles. The molecule has 1 aromatic carbocycles. The van der Waals surface area contributed by atoms with Crippen molar-refractivity contribution in [2.45, 2.75) is 13.3 Å². The lowest BCUT2D eigenvalue weighted by molar-refractivity contribution is 0.102. The van der Waals surface area contributed by atoms with Gasteiger partial charge in [0.1, 0.15) is 5.69 Å². The number of aryl methyl sites for hydroxylation is 1. The molecule has 0 atom stereocenters. The molecule has 2 heterocycles. The molecule has 0 aliphatic carbocycles. The van der Waals surface area contributed by atoms with E-state index in [-0.39, 0.29) is 17.6 Å². The van der Waals surface area contributed by atoms with Crippen molar-refractivity contribution in [1.29, 1.82) is 0 Å². The number of hydrogen-bond acceptors (Lipinski definition) is 7. The molecule has 0 saturated carbocycles. The standard InChI is InChI=1S/C16H16N4O3S/c1-4-9-6-5-7-11-13(9)19-16(24-11)20-14(21)10-8-12(22-2)18-15(17-10)23-3/h5-8H,4H2,1-3H3,(H,19,20,21). The lowest BCUT2D eigenvalue weighted by Crippen LogP contribution is -2.14. The average molecular weight is 344 g/mol. The van der Waals surface area contributed by atoms with Crippen molar-refractivity contribution < 1.29 is 14.3 Å². The van der Waals surface area contributed by atoms with Crippen molar-refractivity contribution >= 4 is 32.6 Å². The number of benzene rings is 1. The van der Waals surface area contributed by atoms with Crippen LogP contribution < -0.4 is 14.8 Å². The Labute approximate surface area is 142 Å². The molecule has 0 spiro atoms.